The number of nitrogens with two attached hydrogens (primary N) is 1. The lowest BCUT2D eigenvalue weighted by molar-refractivity contribution is -0.118. The fourth-order valence-electron chi connectivity index (χ4n) is 1.74. The van der Waals surface area contributed by atoms with E-state index in [0.717, 1.165) is 12.1 Å². The average molecular weight is 238 g/mol. The summed E-state index contributed by atoms with van der Waals surface area (Å²) in [5, 5.41) is 7.42. The van der Waals surface area contributed by atoms with Crippen molar-refractivity contribution in [3.8, 4) is 0 Å². The zero-order valence-electron chi connectivity index (χ0n) is 10.6. The zero-order valence-corrected chi connectivity index (χ0v) is 10.6. The Morgan fingerprint density at radius 1 is 1.59 bits per heavy atom. The Balaban J connectivity index is 2.35. The number of aromatic nitrogens is 2. The average Bonchev–Trinajstić information content (AvgIpc) is 2.64. The van der Waals surface area contributed by atoms with Gasteiger partial charge in [-0.25, -0.2) is 0 Å². The molecule has 0 aliphatic heterocycles. The molecule has 0 saturated carbocycles. The minimum absolute atomic E-state index is 0.131. The number of carbonyl (C=O) groups is 1. The molecule has 1 amide bonds. The number of carbonyl (C=O) groups excluding carboxylic acids is 1. The molecule has 3 N–H and O–H groups in total. The first-order valence-corrected chi connectivity index (χ1v) is 6.19. The highest BCUT2D eigenvalue weighted by atomic mass is 16.1. The third-order valence-corrected chi connectivity index (χ3v) is 2.60. The number of rotatable bonds is 8. The standard InChI is InChI=1S/C12H22N4O/c1-3-4-5-6-10(2)15-11-7-14-16(8-11)9-12(13)17/h7-8,10,15H,3-6,9H2,1-2H3,(H2,13,17). The van der Waals surface area contributed by atoms with Crippen LogP contribution in [0.5, 0.6) is 0 Å². The van der Waals surface area contributed by atoms with Gasteiger partial charge < -0.3 is 11.1 Å². The van der Waals surface area contributed by atoms with Crippen LogP contribution in [0.15, 0.2) is 12.4 Å². The maximum Gasteiger partial charge on any atom is 0.239 e. The van der Waals surface area contributed by atoms with Crippen LogP contribution >= 0.6 is 0 Å². The topological polar surface area (TPSA) is 72.9 Å². The number of nitrogens with zero attached hydrogens (tertiary/aromatic N) is 2. The fraction of sp³-hybridized carbons (Fsp3) is 0.667. The summed E-state index contributed by atoms with van der Waals surface area (Å²) in [5.41, 5.74) is 6.04. The van der Waals surface area contributed by atoms with E-state index in [0.29, 0.717) is 6.04 Å². The van der Waals surface area contributed by atoms with Gasteiger partial charge >= 0.3 is 0 Å². The number of nitrogens with one attached hydrogen (secondary N) is 1. The van der Waals surface area contributed by atoms with Crippen molar-refractivity contribution in [1.82, 2.24) is 9.78 Å². The summed E-state index contributed by atoms with van der Waals surface area (Å²) in [7, 11) is 0. The number of hydrogen-bond donors (Lipinski definition) is 2. The van der Waals surface area contributed by atoms with E-state index in [1.807, 2.05) is 0 Å². The number of hydrogen-bond acceptors (Lipinski definition) is 3. The minimum Gasteiger partial charge on any atom is -0.380 e. The Labute approximate surface area is 102 Å². The van der Waals surface area contributed by atoms with Gasteiger partial charge in [-0.05, 0) is 13.3 Å². The van der Waals surface area contributed by atoms with Crippen LogP contribution in [0.4, 0.5) is 5.69 Å². The summed E-state index contributed by atoms with van der Waals surface area (Å²) in [6.45, 7) is 4.49. The van der Waals surface area contributed by atoms with Crippen LogP contribution in [0.25, 0.3) is 0 Å². The van der Waals surface area contributed by atoms with Gasteiger partial charge in [-0.1, -0.05) is 26.2 Å². The van der Waals surface area contributed by atoms with Gasteiger partial charge in [-0.3, -0.25) is 9.48 Å². The van der Waals surface area contributed by atoms with Gasteiger partial charge in [0.15, 0.2) is 0 Å². The van der Waals surface area contributed by atoms with E-state index in [9.17, 15) is 4.79 Å². The molecule has 1 aromatic rings. The van der Waals surface area contributed by atoms with E-state index in [-0.39, 0.29) is 12.5 Å². The molecule has 1 unspecified atom stereocenters. The molecular weight excluding hydrogens is 216 g/mol. The second-order valence-electron chi connectivity index (χ2n) is 4.43. The third-order valence-electron chi connectivity index (χ3n) is 2.60. The molecule has 5 heteroatoms. The van der Waals surface area contributed by atoms with Crippen molar-refractivity contribution >= 4 is 11.6 Å². The first-order valence-electron chi connectivity index (χ1n) is 6.19. The van der Waals surface area contributed by atoms with E-state index >= 15 is 0 Å². The Bertz CT molecular complexity index is 348. The van der Waals surface area contributed by atoms with Gasteiger partial charge in [0.25, 0.3) is 0 Å². The largest absolute Gasteiger partial charge is 0.380 e. The first-order chi connectivity index (χ1) is 8.11. The lowest BCUT2D eigenvalue weighted by Crippen LogP contribution is -2.19. The molecule has 1 rings (SSSR count). The molecule has 0 saturated heterocycles. The first kappa shape index (κ1) is 13.5. The van der Waals surface area contributed by atoms with E-state index in [1.54, 1.807) is 17.1 Å². The summed E-state index contributed by atoms with van der Waals surface area (Å²) < 4.78 is 1.55. The monoisotopic (exact) mass is 238 g/mol. The molecule has 17 heavy (non-hydrogen) atoms. The molecule has 0 aliphatic carbocycles. The molecule has 5 nitrogen and oxygen atoms in total. The van der Waals surface area contributed by atoms with Crippen molar-refractivity contribution in [2.75, 3.05) is 5.32 Å². The normalized spacial score (nSPS) is 12.4. The van der Waals surface area contributed by atoms with Gasteiger partial charge in [-0.2, -0.15) is 5.10 Å². The Kier molecular flexibility index (Phi) is 5.52. The van der Waals surface area contributed by atoms with Gasteiger partial charge in [-0.15, -0.1) is 0 Å². The molecule has 1 aromatic heterocycles. The number of anilines is 1. The summed E-state index contributed by atoms with van der Waals surface area (Å²) in [6, 6.07) is 0.424. The molecule has 0 bridgehead atoms. The molecule has 0 aliphatic rings. The van der Waals surface area contributed by atoms with Crippen LogP contribution in [0, 0.1) is 0 Å². The smallest absolute Gasteiger partial charge is 0.239 e. The van der Waals surface area contributed by atoms with Crippen LogP contribution in [-0.4, -0.2) is 21.7 Å². The fourth-order valence-corrected chi connectivity index (χ4v) is 1.74. The maximum absolute atomic E-state index is 10.7. The van der Waals surface area contributed by atoms with Crippen molar-refractivity contribution in [2.24, 2.45) is 5.73 Å². The molecule has 0 aromatic carbocycles. The number of unbranched alkanes of at least 4 members (excludes halogenated alkanes) is 2. The van der Waals surface area contributed by atoms with Gasteiger partial charge in [0.05, 0.1) is 11.9 Å². The second kappa shape index (κ2) is 6.93. The van der Waals surface area contributed by atoms with Crippen LogP contribution in [-0.2, 0) is 11.3 Å². The maximum atomic E-state index is 10.7. The Hall–Kier alpha value is -1.52. The molecule has 96 valence electrons. The zero-order chi connectivity index (χ0) is 12.7. The lowest BCUT2D eigenvalue weighted by atomic mass is 10.1. The quantitative estimate of drug-likeness (QED) is 0.678. The summed E-state index contributed by atoms with van der Waals surface area (Å²) in [5.74, 6) is -0.379. The summed E-state index contributed by atoms with van der Waals surface area (Å²) >= 11 is 0. The highest BCUT2D eigenvalue weighted by molar-refractivity contribution is 5.73. The van der Waals surface area contributed by atoms with Crippen molar-refractivity contribution in [3.05, 3.63) is 12.4 Å². The Morgan fingerprint density at radius 2 is 2.35 bits per heavy atom. The Morgan fingerprint density at radius 3 is 3.00 bits per heavy atom. The van der Waals surface area contributed by atoms with E-state index in [1.165, 1.54) is 19.3 Å². The van der Waals surface area contributed by atoms with E-state index < -0.39 is 0 Å². The number of amides is 1. The van der Waals surface area contributed by atoms with Crippen LogP contribution < -0.4 is 11.1 Å². The molecule has 1 atom stereocenters. The van der Waals surface area contributed by atoms with Gasteiger partial charge in [0.2, 0.25) is 5.91 Å². The van der Waals surface area contributed by atoms with Crippen molar-refractivity contribution in [1.29, 1.82) is 0 Å². The van der Waals surface area contributed by atoms with E-state index in [4.69, 9.17) is 5.73 Å². The summed E-state index contributed by atoms with van der Waals surface area (Å²) in [4.78, 5) is 10.7. The molecule has 0 fully saturated rings. The molecule has 0 radical (unpaired) electrons. The van der Waals surface area contributed by atoms with Crippen molar-refractivity contribution in [3.63, 3.8) is 0 Å². The van der Waals surface area contributed by atoms with Crippen LogP contribution in [0.2, 0.25) is 0 Å². The van der Waals surface area contributed by atoms with Gasteiger partial charge in [0.1, 0.15) is 6.54 Å². The molecular formula is C12H22N4O. The second-order valence-corrected chi connectivity index (χ2v) is 4.43. The van der Waals surface area contributed by atoms with Crippen molar-refractivity contribution in [2.45, 2.75) is 52.1 Å². The predicted octanol–water partition coefficient (Wildman–Crippen LogP) is 1.75. The third kappa shape index (κ3) is 5.38. The molecule has 1 heterocycles. The lowest BCUT2D eigenvalue weighted by Gasteiger charge is -2.12. The molecule has 0 spiro atoms. The summed E-state index contributed by atoms with van der Waals surface area (Å²) in [6.07, 6.45) is 8.42. The van der Waals surface area contributed by atoms with Gasteiger partial charge in [0, 0.05) is 12.2 Å². The van der Waals surface area contributed by atoms with Crippen molar-refractivity contribution < 1.29 is 4.79 Å². The number of primary amides is 1. The minimum atomic E-state index is -0.379. The highest BCUT2D eigenvalue weighted by Gasteiger charge is 2.05. The van der Waals surface area contributed by atoms with E-state index in [2.05, 4.69) is 24.3 Å². The van der Waals surface area contributed by atoms with Crippen LogP contribution in [0.3, 0.4) is 0 Å². The van der Waals surface area contributed by atoms with Crippen LogP contribution in [0.1, 0.15) is 39.5 Å². The highest BCUT2D eigenvalue weighted by Crippen LogP contribution is 2.11. The SMILES string of the molecule is CCCCCC(C)Nc1cnn(CC(N)=O)c1. The predicted molar refractivity (Wildman–Crippen MR) is 68.6 cm³/mol.